The lowest BCUT2D eigenvalue weighted by molar-refractivity contribution is 0.957. The van der Waals surface area contributed by atoms with Crippen LogP contribution < -0.4 is 0 Å². The van der Waals surface area contributed by atoms with E-state index < -0.39 is 0 Å². The van der Waals surface area contributed by atoms with Crippen molar-refractivity contribution >= 4 is 56.9 Å². The fourth-order valence-electron chi connectivity index (χ4n) is 4.34. The SMILES string of the molecule is Clc1c(/C=C/c2ccncc2)ccc2ccccc12.Clc1c(CCc2ccncc2)ccc2ccccc12. The Hall–Kier alpha value is -3.98. The summed E-state index contributed by atoms with van der Waals surface area (Å²) in [4.78, 5) is 8.03. The third-order valence-electron chi connectivity index (χ3n) is 6.43. The lowest BCUT2D eigenvalue weighted by Gasteiger charge is -2.08. The average Bonchev–Trinajstić information content (AvgIpc) is 2.98. The normalized spacial score (nSPS) is 11.0. The van der Waals surface area contributed by atoms with E-state index >= 15 is 0 Å². The van der Waals surface area contributed by atoms with Gasteiger partial charge in [0.15, 0.2) is 0 Å². The van der Waals surface area contributed by atoms with E-state index in [1.54, 1.807) is 12.4 Å². The molecule has 38 heavy (non-hydrogen) atoms. The molecular weight excluding hydrogens is 507 g/mol. The van der Waals surface area contributed by atoms with Gasteiger partial charge in [-0.1, -0.05) is 108 Å². The second-order valence-electron chi connectivity index (χ2n) is 8.92. The Bertz CT molecular complexity index is 1680. The van der Waals surface area contributed by atoms with Crippen molar-refractivity contribution in [2.24, 2.45) is 0 Å². The first-order valence-electron chi connectivity index (χ1n) is 12.5. The molecule has 2 heterocycles. The van der Waals surface area contributed by atoms with Gasteiger partial charge in [0.2, 0.25) is 0 Å². The highest BCUT2D eigenvalue weighted by atomic mass is 35.5. The molecule has 0 bridgehead atoms. The predicted molar refractivity (Wildman–Crippen MR) is 163 cm³/mol. The number of hydrogen-bond acceptors (Lipinski definition) is 2. The lowest BCUT2D eigenvalue weighted by Crippen LogP contribution is -1.93. The van der Waals surface area contributed by atoms with Gasteiger partial charge in [-0.05, 0) is 70.1 Å². The van der Waals surface area contributed by atoms with Crippen LogP contribution >= 0.6 is 23.2 Å². The first kappa shape index (κ1) is 25.7. The topological polar surface area (TPSA) is 25.8 Å². The monoisotopic (exact) mass is 532 g/mol. The van der Waals surface area contributed by atoms with E-state index in [9.17, 15) is 0 Å². The van der Waals surface area contributed by atoms with Gasteiger partial charge in [0, 0.05) is 35.6 Å². The van der Waals surface area contributed by atoms with Crippen LogP contribution in [0.3, 0.4) is 0 Å². The van der Waals surface area contributed by atoms with E-state index in [1.807, 2.05) is 73.1 Å². The van der Waals surface area contributed by atoms with Crippen LogP contribution in [0.4, 0.5) is 0 Å². The molecule has 0 radical (unpaired) electrons. The van der Waals surface area contributed by atoms with Gasteiger partial charge in [0.1, 0.15) is 0 Å². The lowest BCUT2D eigenvalue weighted by atomic mass is 10.0. The van der Waals surface area contributed by atoms with Crippen LogP contribution in [0.15, 0.2) is 122 Å². The number of benzene rings is 4. The van der Waals surface area contributed by atoms with Crippen molar-refractivity contribution < 1.29 is 0 Å². The maximum Gasteiger partial charge on any atom is 0.0556 e. The van der Waals surface area contributed by atoms with Gasteiger partial charge in [-0.2, -0.15) is 0 Å². The number of aryl methyl sites for hydroxylation is 2. The highest BCUT2D eigenvalue weighted by molar-refractivity contribution is 6.37. The quantitative estimate of drug-likeness (QED) is 0.220. The molecule has 6 rings (SSSR count). The molecular formula is C34H26Cl2N2. The Kier molecular flexibility index (Phi) is 8.45. The van der Waals surface area contributed by atoms with E-state index in [-0.39, 0.29) is 0 Å². The fraction of sp³-hybridized carbons (Fsp3) is 0.0588. The molecule has 2 aromatic heterocycles. The second-order valence-corrected chi connectivity index (χ2v) is 9.67. The van der Waals surface area contributed by atoms with Gasteiger partial charge in [-0.25, -0.2) is 0 Å². The number of hydrogen-bond donors (Lipinski definition) is 0. The van der Waals surface area contributed by atoms with E-state index in [0.717, 1.165) is 50.2 Å². The highest BCUT2D eigenvalue weighted by Crippen LogP contribution is 2.29. The van der Waals surface area contributed by atoms with Crippen molar-refractivity contribution in [3.05, 3.63) is 154 Å². The van der Waals surface area contributed by atoms with E-state index in [1.165, 1.54) is 16.5 Å². The fourth-order valence-corrected chi connectivity index (χ4v) is 4.97. The van der Waals surface area contributed by atoms with Crippen molar-refractivity contribution in [2.45, 2.75) is 12.8 Å². The van der Waals surface area contributed by atoms with Crippen LogP contribution in [0, 0.1) is 0 Å². The Morgan fingerprint density at radius 1 is 0.526 bits per heavy atom. The Morgan fingerprint density at radius 3 is 1.79 bits per heavy atom. The van der Waals surface area contributed by atoms with Gasteiger partial charge in [-0.15, -0.1) is 0 Å². The molecule has 0 fully saturated rings. The zero-order valence-corrected chi connectivity index (χ0v) is 22.3. The van der Waals surface area contributed by atoms with E-state index in [4.69, 9.17) is 23.2 Å². The first-order chi connectivity index (χ1) is 18.7. The zero-order valence-electron chi connectivity index (χ0n) is 20.8. The van der Waals surface area contributed by atoms with Gasteiger partial charge in [-0.3, -0.25) is 9.97 Å². The summed E-state index contributed by atoms with van der Waals surface area (Å²) < 4.78 is 0. The summed E-state index contributed by atoms with van der Waals surface area (Å²) in [5, 5.41) is 6.25. The zero-order chi connectivity index (χ0) is 26.2. The highest BCUT2D eigenvalue weighted by Gasteiger charge is 2.05. The number of halogens is 2. The van der Waals surface area contributed by atoms with Gasteiger partial charge in [0.05, 0.1) is 10.0 Å². The number of nitrogens with zero attached hydrogens (tertiary/aromatic N) is 2. The summed E-state index contributed by atoms with van der Waals surface area (Å²) in [5.74, 6) is 0. The molecule has 2 nitrogen and oxygen atoms in total. The van der Waals surface area contributed by atoms with Crippen LogP contribution in [0.2, 0.25) is 10.0 Å². The Morgan fingerprint density at radius 2 is 1.11 bits per heavy atom. The van der Waals surface area contributed by atoms with Crippen LogP contribution in [-0.4, -0.2) is 9.97 Å². The molecule has 0 unspecified atom stereocenters. The van der Waals surface area contributed by atoms with E-state index in [2.05, 4.69) is 58.5 Å². The minimum absolute atomic E-state index is 0.795. The first-order valence-corrected chi connectivity index (χ1v) is 13.2. The summed E-state index contributed by atoms with van der Waals surface area (Å²) in [7, 11) is 0. The maximum atomic E-state index is 6.50. The van der Waals surface area contributed by atoms with E-state index in [0.29, 0.717) is 0 Å². The van der Waals surface area contributed by atoms with Gasteiger partial charge < -0.3 is 0 Å². The van der Waals surface area contributed by atoms with Crippen molar-refractivity contribution in [3.63, 3.8) is 0 Å². The third-order valence-corrected chi connectivity index (χ3v) is 7.30. The minimum Gasteiger partial charge on any atom is -0.265 e. The molecule has 0 aliphatic heterocycles. The number of fused-ring (bicyclic) bond motifs is 2. The van der Waals surface area contributed by atoms with Gasteiger partial charge in [0.25, 0.3) is 0 Å². The molecule has 0 aliphatic rings. The number of pyridine rings is 2. The molecule has 4 heteroatoms. The molecule has 0 atom stereocenters. The third kappa shape index (κ3) is 6.28. The Balaban J connectivity index is 0.000000155. The molecule has 0 amide bonds. The van der Waals surface area contributed by atoms with Crippen LogP contribution in [0.1, 0.15) is 22.3 Å². The summed E-state index contributed by atoms with van der Waals surface area (Å²) >= 11 is 12.9. The molecule has 0 saturated carbocycles. The minimum atomic E-state index is 0.795. The van der Waals surface area contributed by atoms with Crippen molar-refractivity contribution in [2.75, 3.05) is 0 Å². The smallest absolute Gasteiger partial charge is 0.0556 e. The Labute approximate surface area is 233 Å². The predicted octanol–water partition coefficient (Wildman–Crippen LogP) is 9.73. The molecule has 0 saturated heterocycles. The standard InChI is InChI=1S/C17H14ClN.C17H12ClN/c2*18-17-15(6-5-13-9-11-19-12-10-13)8-7-14-3-1-2-4-16(14)17/h1-4,7-12H,5-6H2;1-12H/b;6-5+. The molecule has 0 spiro atoms. The summed E-state index contributed by atoms with van der Waals surface area (Å²) in [6.07, 6.45) is 13.2. The maximum absolute atomic E-state index is 6.50. The van der Waals surface area contributed by atoms with Crippen molar-refractivity contribution in [1.29, 1.82) is 0 Å². The molecule has 0 N–H and O–H groups in total. The summed E-state index contributed by atoms with van der Waals surface area (Å²) in [6, 6.07) is 32.8. The number of rotatable bonds is 5. The summed E-state index contributed by atoms with van der Waals surface area (Å²) in [6.45, 7) is 0. The molecule has 0 aliphatic carbocycles. The largest absolute Gasteiger partial charge is 0.265 e. The summed E-state index contributed by atoms with van der Waals surface area (Å²) in [5.41, 5.74) is 4.63. The van der Waals surface area contributed by atoms with Crippen molar-refractivity contribution in [3.8, 4) is 0 Å². The molecule has 186 valence electrons. The van der Waals surface area contributed by atoms with Crippen LogP contribution in [0.5, 0.6) is 0 Å². The van der Waals surface area contributed by atoms with Crippen molar-refractivity contribution in [1.82, 2.24) is 9.97 Å². The van der Waals surface area contributed by atoms with Gasteiger partial charge >= 0.3 is 0 Å². The molecule has 6 aromatic rings. The second kappa shape index (κ2) is 12.5. The average molecular weight is 534 g/mol. The van der Waals surface area contributed by atoms with Crippen LogP contribution in [0.25, 0.3) is 33.7 Å². The number of aromatic nitrogens is 2. The van der Waals surface area contributed by atoms with Crippen LogP contribution in [-0.2, 0) is 12.8 Å². The molecule has 4 aromatic carbocycles.